The molecule has 1 aliphatic rings. The molecule has 10 nitrogen and oxygen atoms in total. The summed E-state index contributed by atoms with van der Waals surface area (Å²) < 4.78 is 23.2. The molecule has 3 heterocycles. The van der Waals surface area contributed by atoms with Crippen molar-refractivity contribution in [1.82, 2.24) is 15.0 Å². The summed E-state index contributed by atoms with van der Waals surface area (Å²) in [6.07, 6.45) is 3.36. The smallest absolute Gasteiger partial charge is 0.236 e. The van der Waals surface area contributed by atoms with Crippen molar-refractivity contribution in [3.8, 4) is 11.5 Å². The molecular weight excluding hydrogens is 553 g/mol. The SMILES string of the molecule is CCOP(CC(=O)N1CCOc2c1ccc1ncnc(Nc3ccc(OCc4ccccn4)c(Cl)c3)c21)OCC. The lowest BCUT2D eigenvalue weighted by molar-refractivity contribution is -0.116. The Labute approximate surface area is 238 Å². The van der Waals surface area contributed by atoms with Crippen LogP contribution in [0.2, 0.25) is 5.02 Å². The minimum absolute atomic E-state index is 0.0867. The second kappa shape index (κ2) is 13.2. The molecular formula is C28H29ClN5O5P. The maximum Gasteiger partial charge on any atom is 0.236 e. The number of hydrogen-bond acceptors (Lipinski definition) is 9. The van der Waals surface area contributed by atoms with Crippen LogP contribution in [0.5, 0.6) is 11.5 Å². The summed E-state index contributed by atoms with van der Waals surface area (Å²) in [4.78, 5) is 28.2. The first-order valence-corrected chi connectivity index (χ1v) is 14.6. The van der Waals surface area contributed by atoms with Gasteiger partial charge >= 0.3 is 0 Å². The monoisotopic (exact) mass is 581 g/mol. The minimum atomic E-state index is -1.31. The van der Waals surface area contributed by atoms with E-state index in [0.717, 1.165) is 5.69 Å². The highest BCUT2D eigenvalue weighted by Crippen LogP contribution is 2.44. The van der Waals surface area contributed by atoms with Crippen LogP contribution < -0.4 is 19.7 Å². The normalized spacial score (nSPS) is 12.8. The Balaban J connectivity index is 1.39. The van der Waals surface area contributed by atoms with Crippen molar-refractivity contribution in [3.05, 3.63) is 71.8 Å². The third kappa shape index (κ3) is 6.42. The summed E-state index contributed by atoms with van der Waals surface area (Å²) in [5.41, 5.74) is 2.84. The van der Waals surface area contributed by atoms with E-state index < -0.39 is 8.38 Å². The number of fused-ring (bicyclic) bond motifs is 3. The zero-order chi connectivity index (χ0) is 27.9. The summed E-state index contributed by atoms with van der Waals surface area (Å²) in [5.74, 6) is 1.52. The third-order valence-electron chi connectivity index (χ3n) is 6.00. The number of anilines is 3. The molecule has 12 heteroatoms. The number of rotatable bonds is 11. The molecule has 0 saturated carbocycles. The van der Waals surface area contributed by atoms with Crippen molar-refractivity contribution in [2.24, 2.45) is 0 Å². The number of ether oxygens (including phenoxy) is 2. The van der Waals surface area contributed by atoms with Crippen LogP contribution >= 0.6 is 20.0 Å². The largest absolute Gasteiger partial charge is 0.489 e. The van der Waals surface area contributed by atoms with E-state index in [2.05, 4.69) is 20.3 Å². The summed E-state index contributed by atoms with van der Waals surface area (Å²) in [5, 5.41) is 4.43. The first-order valence-electron chi connectivity index (χ1n) is 12.9. The van der Waals surface area contributed by atoms with E-state index in [9.17, 15) is 4.79 Å². The Morgan fingerprint density at radius 2 is 1.95 bits per heavy atom. The molecule has 2 aromatic heterocycles. The molecule has 4 aromatic rings. The van der Waals surface area contributed by atoms with Crippen LogP contribution in [0.1, 0.15) is 19.5 Å². The van der Waals surface area contributed by atoms with E-state index in [0.29, 0.717) is 77.6 Å². The van der Waals surface area contributed by atoms with Gasteiger partial charge in [-0.05, 0) is 56.3 Å². The number of carbonyl (C=O) groups excluding carboxylic acids is 1. The predicted molar refractivity (Wildman–Crippen MR) is 156 cm³/mol. The van der Waals surface area contributed by atoms with Crippen molar-refractivity contribution in [1.29, 1.82) is 0 Å². The molecule has 1 aliphatic heterocycles. The van der Waals surface area contributed by atoms with Gasteiger partial charge in [0.2, 0.25) is 5.91 Å². The number of nitrogens with zero attached hydrogens (tertiary/aromatic N) is 4. The zero-order valence-corrected chi connectivity index (χ0v) is 23.8. The number of nitrogens with one attached hydrogen (secondary N) is 1. The van der Waals surface area contributed by atoms with Gasteiger partial charge in [0.1, 0.15) is 31.1 Å². The van der Waals surface area contributed by atoms with Crippen LogP contribution in [0.4, 0.5) is 17.2 Å². The average molecular weight is 582 g/mol. The van der Waals surface area contributed by atoms with Gasteiger partial charge in [-0.1, -0.05) is 17.7 Å². The summed E-state index contributed by atoms with van der Waals surface area (Å²) in [6.45, 7) is 5.80. The molecule has 40 heavy (non-hydrogen) atoms. The van der Waals surface area contributed by atoms with E-state index in [1.54, 1.807) is 23.2 Å². The Morgan fingerprint density at radius 1 is 1.10 bits per heavy atom. The summed E-state index contributed by atoms with van der Waals surface area (Å²) in [6, 6.07) is 14.8. The summed E-state index contributed by atoms with van der Waals surface area (Å²) in [7, 11) is -1.31. The van der Waals surface area contributed by atoms with E-state index >= 15 is 0 Å². The number of halogens is 1. The van der Waals surface area contributed by atoms with Crippen LogP contribution in [0.3, 0.4) is 0 Å². The molecule has 1 amide bonds. The Hall–Kier alpha value is -3.56. The van der Waals surface area contributed by atoms with E-state index in [-0.39, 0.29) is 12.1 Å². The first kappa shape index (κ1) is 28.0. The zero-order valence-electron chi connectivity index (χ0n) is 22.2. The Morgan fingerprint density at radius 3 is 2.70 bits per heavy atom. The molecule has 5 rings (SSSR count). The lowest BCUT2D eigenvalue weighted by Crippen LogP contribution is -2.39. The molecule has 0 bridgehead atoms. The maximum atomic E-state index is 13.3. The first-order chi connectivity index (χ1) is 19.6. The molecule has 0 aliphatic carbocycles. The number of hydrogen-bond donors (Lipinski definition) is 1. The Bertz CT molecular complexity index is 1470. The quantitative estimate of drug-likeness (QED) is 0.210. The van der Waals surface area contributed by atoms with Crippen LogP contribution in [-0.2, 0) is 20.4 Å². The van der Waals surface area contributed by atoms with Gasteiger partial charge in [-0.15, -0.1) is 0 Å². The number of aromatic nitrogens is 3. The van der Waals surface area contributed by atoms with Gasteiger partial charge in [0.05, 0.1) is 53.2 Å². The van der Waals surface area contributed by atoms with Crippen molar-refractivity contribution in [2.75, 3.05) is 42.7 Å². The van der Waals surface area contributed by atoms with Crippen LogP contribution in [0.15, 0.2) is 61.1 Å². The van der Waals surface area contributed by atoms with E-state index in [1.807, 2.05) is 50.2 Å². The van der Waals surface area contributed by atoms with Crippen LogP contribution in [0.25, 0.3) is 10.9 Å². The van der Waals surface area contributed by atoms with Gasteiger partial charge in [0.25, 0.3) is 0 Å². The van der Waals surface area contributed by atoms with Gasteiger partial charge in [0, 0.05) is 11.9 Å². The molecule has 0 radical (unpaired) electrons. The number of carbonyl (C=O) groups is 1. The molecule has 0 unspecified atom stereocenters. The van der Waals surface area contributed by atoms with Gasteiger partial charge in [0.15, 0.2) is 14.1 Å². The number of benzene rings is 2. The lowest BCUT2D eigenvalue weighted by atomic mass is 10.1. The van der Waals surface area contributed by atoms with Gasteiger partial charge in [-0.2, -0.15) is 0 Å². The fourth-order valence-corrected chi connectivity index (χ4v) is 5.72. The van der Waals surface area contributed by atoms with E-state index in [4.69, 9.17) is 30.1 Å². The highest BCUT2D eigenvalue weighted by molar-refractivity contribution is 7.48. The third-order valence-corrected chi connectivity index (χ3v) is 7.91. The van der Waals surface area contributed by atoms with Crippen LogP contribution in [-0.4, -0.2) is 53.4 Å². The van der Waals surface area contributed by atoms with Gasteiger partial charge < -0.3 is 28.7 Å². The van der Waals surface area contributed by atoms with Crippen molar-refractivity contribution in [3.63, 3.8) is 0 Å². The average Bonchev–Trinajstić information content (AvgIpc) is 2.97. The Kier molecular flexibility index (Phi) is 9.23. The molecule has 1 N–H and O–H groups in total. The lowest BCUT2D eigenvalue weighted by Gasteiger charge is -2.31. The molecule has 2 aromatic carbocycles. The highest BCUT2D eigenvalue weighted by atomic mass is 35.5. The molecule has 208 valence electrons. The molecule has 0 fully saturated rings. The van der Waals surface area contributed by atoms with E-state index in [1.165, 1.54) is 6.33 Å². The van der Waals surface area contributed by atoms with Crippen molar-refractivity contribution < 1.29 is 23.3 Å². The summed E-state index contributed by atoms with van der Waals surface area (Å²) >= 11 is 6.53. The standard InChI is InChI=1S/C28H29ClN5O5P/c1-3-38-40(39-4-2)17-25(35)34-13-14-36-27-23(34)10-9-22-26(27)28(32-18-31-22)33-19-8-11-24(21(29)15-19)37-16-20-7-5-6-12-30-20/h5-12,15,18H,3-4,13-14,16-17H2,1-2H3,(H,31,32,33). The minimum Gasteiger partial charge on any atom is -0.489 e. The fourth-order valence-electron chi connectivity index (χ4n) is 4.26. The van der Waals surface area contributed by atoms with Crippen molar-refractivity contribution >= 4 is 54.0 Å². The maximum absolute atomic E-state index is 13.3. The topological polar surface area (TPSA) is 108 Å². The highest BCUT2D eigenvalue weighted by Gasteiger charge is 2.29. The fraction of sp³-hybridized carbons (Fsp3) is 0.286. The second-order valence-electron chi connectivity index (χ2n) is 8.63. The number of pyridine rings is 1. The van der Waals surface area contributed by atoms with Gasteiger partial charge in [-0.25, -0.2) is 9.97 Å². The molecule has 0 atom stereocenters. The van der Waals surface area contributed by atoms with Crippen LogP contribution in [0, 0.1) is 0 Å². The van der Waals surface area contributed by atoms with Gasteiger partial charge in [-0.3, -0.25) is 9.78 Å². The molecule has 0 spiro atoms. The predicted octanol–water partition coefficient (Wildman–Crippen LogP) is 6.11. The van der Waals surface area contributed by atoms with Crippen molar-refractivity contribution in [2.45, 2.75) is 20.5 Å². The molecule has 0 saturated heterocycles. The second-order valence-corrected chi connectivity index (χ2v) is 10.5. The number of amides is 1.